The van der Waals surface area contributed by atoms with Gasteiger partial charge in [0.25, 0.3) is 0 Å². The molecule has 184 valence electrons. The first kappa shape index (κ1) is 24.5. The van der Waals surface area contributed by atoms with Crippen molar-refractivity contribution in [2.75, 3.05) is 56.2 Å². The number of hydrogen-bond acceptors (Lipinski definition) is 6. The summed E-state index contributed by atoms with van der Waals surface area (Å²) in [6.45, 7) is 4.07. The number of para-hydroxylation sites is 1. The van der Waals surface area contributed by atoms with Gasteiger partial charge in [-0.15, -0.1) is 0 Å². The first-order valence-electron chi connectivity index (χ1n) is 12.0. The van der Waals surface area contributed by atoms with Crippen LogP contribution in [0.15, 0.2) is 53.4 Å². The molecule has 1 amide bonds. The maximum Gasteiger partial charge on any atom is 0.243 e. The number of nitrogens with one attached hydrogen (secondary N) is 1. The van der Waals surface area contributed by atoms with Crippen molar-refractivity contribution >= 4 is 27.3 Å². The van der Waals surface area contributed by atoms with Crippen LogP contribution in [-0.2, 0) is 19.6 Å². The van der Waals surface area contributed by atoms with Crippen molar-refractivity contribution in [2.45, 2.75) is 37.0 Å². The lowest BCUT2D eigenvalue weighted by molar-refractivity contribution is -0.116. The number of nitrogens with zero attached hydrogens (tertiary/aromatic N) is 2. The smallest absolute Gasteiger partial charge is 0.243 e. The van der Waals surface area contributed by atoms with Gasteiger partial charge in [0.15, 0.2) is 0 Å². The number of morpholine rings is 1. The molecule has 2 heterocycles. The number of amides is 1. The van der Waals surface area contributed by atoms with E-state index in [0.29, 0.717) is 58.1 Å². The summed E-state index contributed by atoms with van der Waals surface area (Å²) in [5.74, 6) is 0.604. The quantitative estimate of drug-likeness (QED) is 0.545. The van der Waals surface area contributed by atoms with Crippen LogP contribution in [0.1, 0.15) is 32.1 Å². The first-order valence-corrected chi connectivity index (χ1v) is 13.4. The molecule has 0 spiro atoms. The number of rotatable bonds is 9. The number of piperidine rings is 1. The SMILES string of the molecule is O=C(CCCOc1ccccc1)Nc1cc(S(=O)(=O)N2CCCCC2)ccc1N1CCOCC1. The second-order valence-corrected chi connectivity index (χ2v) is 10.5. The number of anilines is 2. The molecule has 1 N–H and O–H groups in total. The largest absolute Gasteiger partial charge is 0.494 e. The zero-order valence-corrected chi connectivity index (χ0v) is 20.3. The van der Waals surface area contributed by atoms with Gasteiger partial charge >= 0.3 is 0 Å². The highest BCUT2D eigenvalue weighted by molar-refractivity contribution is 7.89. The summed E-state index contributed by atoms with van der Waals surface area (Å²) in [5, 5.41) is 2.96. The molecule has 8 nitrogen and oxygen atoms in total. The average Bonchev–Trinajstić information content (AvgIpc) is 2.88. The molecule has 2 fully saturated rings. The van der Waals surface area contributed by atoms with Crippen LogP contribution in [0.2, 0.25) is 0 Å². The third-order valence-corrected chi connectivity index (χ3v) is 8.00. The molecule has 2 saturated heterocycles. The molecule has 0 aromatic heterocycles. The highest BCUT2D eigenvalue weighted by Gasteiger charge is 2.27. The molecule has 2 aromatic carbocycles. The maximum atomic E-state index is 13.2. The second-order valence-electron chi connectivity index (χ2n) is 8.56. The summed E-state index contributed by atoms with van der Waals surface area (Å²) in [6.07, 6.45) is 3.63. The Labute approximate surface area is 201 Å². The molecule has 0 radical (unpaired) electrons. The van der Waals surface area contributed by atoms with Crippen LogP contribution in [0, 0.1) is 0 Å². The zero-order chi connectivity index (χ0) is 23.8. The molecule has 2 aromatic rings. The molecular formula is C25H33N3O5S. The predicted molar refractivity (Wildman–Crippen MR) is 132 cm³/mol. The van der Waals surface area contributed by atoms with Crippen LogP contribution >= 0.6 is 0 Å². The molecule has 0 unspecified atom stereocenters. The molecule has 2 aliphatic rings. The molecule has 0 bridgehead atoms. The van der Waals surface area contributed by atoms with E-state index in [1.54, 1.807) is 22.5 Å². The van der Waals surface area contributed by atoms with Crippen LogP contribution in [0.5, 0.6) is 5.75 Å². The van der Waals surface area contributed by atoms with Gasteiger partial charge in [-0.1, -0.05) is 24.6 Å². The van der Waals surface area contributed by atoms with E-state index >= 15 is 0 Å². The Kier molecular flexibility index (Phi) is 8.42. The fourth-order valence-electron chi connectivity index (χ4n) is 4.26. The van der Waals surface area contributed by atoms with Gasteiger partial charge in [-0.3, -0.25) is 4.79 Å². The van der Waals surface area contributed by atoms with E-state index < -0.39 is 10.0 Å². The van der Waals surface area contributed by atoms with Gasteiger partial charge in [-0.05, 0) is 49.6 Å². The lowest BCUT2D eigenvalue weighted by atomic mass is 10.2. The van der Waals surface area contributed by atoms with Crippen molar-refractivity contribution in [3.63, 3.8) is 0 Å². The second kappa shape index (κ2) is 11.7. The number of benzene rings is 2. The lowest BCUT2D eigenvalue weighted by Gasteiger charge is -2.31. The Bertz CT molecular complexity index is 1050. The zero-order valence-electron chi connectivity index (χ0n) is 19.4. The van der Waals surface area contributed by atoms with E-state index in [-0.39, 0.29) is 17.2 Å². The number of hydrogen-bond donors (Lipinski definition) is 1. The Morgan fingerprint density at radius 3 is 2.44 bits per heavy atom. The Balaban J connectivity index is 1.46. The molecule has 0 saturated carbocycles. The molecule has 2 aliphatic heterocycles. The fourth-order valence-corrected chi connectivity index (χ4v) is 5.81. The van der Waals surface area contributed by atoms with E-state index in [0.717, 1.165) is 30.7 Å². The summed E-state index contributed by atoms with van der Waals surface area (Å²) in [4.78, 5) is 15.1. The van der Waals surface area contributed by atoms with Crippen molar-refractivity contribution in [3.05, 3.63) is 48.5 Å². The average molecular weight is 488 g/mol. The molecule has 0 atom stereocenters. The summed E-state index contributed by atoms with van der Waals surface area (Å²) in [5.41, 5.74) is 1.34. The summed E-state index contributed by atoms with van der Waals surface area (Å²) in [6, 6.07) is 14.5. The third-order valence-electron chi connectivity index (χ3n) is 6.11. The standard InChI is InChI=1S/C25H33N3O5S/c29-25(10-7-17-33-21-8-3-1-4-9-21)26-23-20-22(34(30,31)28-13-5-2-6-14-28)11-12-24(23)27-15-18-32-19-16-27/h1,3-4,8-9,11-12,20H,2,5-7,10,13-19H2,(H,26,29). The first-order chi connectivity index (χ1) is 16.5. The van der Waals surface area contributed by atoms with Crippen molar-refractivity contribution < 1.29 is 22.7 Å². The Hall–Kier alpha value is -2.62. The molecule has 9 heteroatoms. The van der Waals surface area contributed by atoms with E-state index in [1.807, 2.05) is 30.3 Å². The minimum Gasteiger partial charge on any atom is -0.494 e. The normalized spacial score (nSPS) is 17.4. The van der Waals surface area contributed by atoms with Crippen LogP contribution < -0.4 is 15.0 Å². The maximum absolute atomic E-state index is 13.2. The topological polar surface area (TPSA) is 88.2 Å². The van der Waals surface area contributed by atoms with Gasteiger partial charge in [0.1, 0.15) is 5.75 Å². The predicted octanol–water partition coefficient (Wildman–Crippen LogP) is 3.50. The van der Waals surface area contributed by atoms with Crippen LogP contribution in [-0.4, -0.2) is 64.6 Å². The molecule has 34 heavy (non-hydrogen) atoms. The van der Waals surface area contributed by atoms with Crippen molar-refractivity contribution in [2.24, 2.45) is 0 Å². The van der Waals surface area contributed by atoms with E-state index in [1.165, 1.54) is 0 Å². The number of sulfonamides is 1. The number of carbonyl (C=O) groups excluding carboxylic acids is 1. The van der Waals surface area contributed by atoms with Crippen molar-refractivity contribution in [1.29, 1.82) is 0 Å². The van der Waals surface area contributed by atoms with Crippen molar-refractivity contribution in [1.82, 2.24) is 4.31 Å². The van der Waals surface area contributed by atoms with Crippen molar-refractivity contribution in [3.8, 4) is 5.75 Å². The Morgan fingerprint density at radius 1 is 0.971 bits per heavy atom. The Morgan fingerprint density at radius 2 is 1.71 bits per heavy atom. The molecule has 0 aliphatic carbocycles. The van der Waals surface area contributed by atoms with Gasteiger partial charge in [0, 0.05) is 32.6 Å². The summed E-state index contributed by atoms with van der Waals surface area (Å²) < 4.78 is 39.1. The van der Waals surface area contributed by atoms with Crippen LogP contribution in [0.4, 0.5) is 11.4 Å². The minimum absolute atomic E-state index is 0.168. The fraction of sp³-hybridized carbons (Fsp3) is 0.480. The van der Waals surface area contributed by atoms with Gasteiger partial charge in [-0.2, -0.15) is 4.31 Å². The van der Waals surface area contributed by atoms with Gasteiger partial charge in [0.05, 0.1) is 36.1 Å². The lowest BCUT2D eigenvalue weighted by Crippen LogP contribution is -2.37. The highest BCUT2D eigenvalue weighted by Crippen LogP contribution is 2.32. The van der Waals surface area contributed by atoms with Gasteiger partial charge in [0.2, 0.25) is 15.9 Å². The molecular weight excluding hydrogens is 454 g/mol. The van der Waals surface area contributed by atoms with Gasteiger partial charge < -0.3 is 19.7 Å². The molecule has 4 rings (SSSR count). The van der Waals surface area contributed by atoms with Gasteiger partial charge in [-0.25, -0.2) is 8.42 Å². The third kappa shape index (κ3) is 6.28. The van der Waals surface area contributed by atoms with E-state index in [9.17, 15) is 13.2 Å². The number of carbonyl (C=O) groups is 1. The summed E-state index contributed by atoms with van der Waals surface area (Å²) in [7, 11) is -3.60. The van der Waals surface area contributed by atoms with Crippen LogP contribution in [0.25, 0.3) is 0 Å². The highest BCUT2D eigenvalue weighted by atomic mass is 32.2. The monoisotopic (exact) mass is 487 g/mol. The minimum atomic E-state index is -3.60. The number of ether oxygens (including phenoxy) is 2. The summed E-state index contributed by atoms with van der Waals surface area (Å²) >= 11 is 0. The van der Waals surface area contributed by atoms with E-state index in [2.05, 4.69) is 10.2 Å². The van der Waals surface area contributed by atoms with E-state index in [4.69, 9.17) is 9.47 Å². The van der Waals surface area contributed by atoms with Crippen LogP contribution in [0.3, 0.4) is 0 Å².